The number of benzene rings is 2. The minimum atomic E-state index is -3.56. The van der Waals surface area contributed by atoms with Crippen molar-refractivity contribution in [2.24, 2.45) is 0 Å². The molecule has 2 aromatic rings. The van der Waals surface area contributed by atoms with Crippen LogP contribution in [-0.4, -0.2) is 21.0 Å². The van der Waals surface area contributed by atoms with Crippen LogP contribution < -0.4 is 10.0 Å². The van der Waals surface area contributed by atoms with E-state index in [1.807, 2.05) is 24.3 Å². The summed E-state index contributed by atoms with van der Waals surface area (Å²) in [5.74, 6) is 0.381. The van der Waals surface area contributed by atoms with Crippen molar-refractivity contribution in [1.82, 2.24) is 5.32 Å². The summed E-state index contributed by atoms with van der Waals surface area (Å²) in [5.41, 5.74) is 4.33. The highest BCUT2D eigenvalue weighted by Crippen LogP contribution is 2.26. The Kier molecular flexibility index (Phi) is 5.68. The fourth-order valence-electron chi connectivity index (χ4n) is 3.53. The van der Waals surface area contributed by atoms with Crippen molar-refractivity contribution in [1.29, 1.82) is 0 Å². The van der Waals surface area contributed by atoms with Crippen LogP contribution in [-0.2, 0) is 22.9 Å². The molecule has 2 aromatic carbocycles. The molecule has 0 bridgehead atoms. The summed E-state index contributed by atoms with van der Waals surface area (Å²) in [4.78, 5) is 0.298. The van der Waals surface area contributed by atoms with E-state index in [0.29, 0.717) is 22.5 Å². The number of rotatable bonds is 6. The zero-order valence-corrected chi connectivity index (χ0v) is 16.6. The molecule has 1 atom stereocenters. The van der Waals surface area contributed by atoms with Crippen molar-refractivity contribution in [3.63, 3.8) is 0 Å². The number of sulfonamides is 1. The van der Waals surface area contributed by atoms with Gasteiger partial charge in [-0.05, 0) is 72.7 Å². The second-order valence-corrected chi connectivity index (χ2v) is 8.99. The van der Waals surface area contributed by atoms with E-state index in [2.05, 4.69) is 36.9 Å². The predicted octanol–water partition coefficient (Wildman–Crippen LogP) is 4.08. The molecular weight excluding hydrogens is 344 g/mol. The van der Waals surface area contributed by atoms with Gasteiger partial charge in [0, 0.05) is 11.7 Å². The second kappa shape index (κ2) is 7.80. The third-order valence-electron chi connectivity index (χ3n) is 5.04. The summed E-state index contributed by atoms with van der Waals surface area (Å²) in [6.45, 7) is 7.29. The molecule has 5 heteroatoms. The number of nitrogens with one attached hydrogen (secondary N) is 2. The van der Waals surface area contributed by atoms with Gasteiger partial charge in [0.15, 0.2) is 0 Å². The summed E-state index contributed by atoms with van der Waals surface area (Å²) in [6.07, 6.45) is 3.08. The maximum atomic E-state index is 12.7. The third-order valence-corrected chi connectivity index (χ3v) is 6.43. The lowest BCUT2D eigenvalue weighted by Gasteiger charge is -2.25. The number of hydrogen-bond donors (Lipinski definition) is 2. The summed E-state index contributed by atoms with van der Waals surface area (Å²) in [5, 5.41) is 3.50. The van der Waals surface area contributed by atoms with Crippen LogP contribution in [0.15, 0.2) is 47.4 Å². The Morgan fingerprint density at radius 1 is 1.08 bits per heavy atom. The molecule has 26 heavy (non-hydrogen) atoms. The summed E-state index contributed by atoms with van der Waals surface area (Å²) in [6, 6.07) is 13.5. The van der Waals surface area contributed by atoms with Crippen molar-refractivity contribution in [3.8, 4) is 0 Å². The van der Waals surface area contributed by atoms with Crippen LogP contribution in [0.4, 0.5) is 5.69 Å². The van der Waals surface area contributed by atoms with E-state index >= 15 is 0 Å². The summed E-state index contributed by atoms with van der Waals surface area (Å²) in [7, 11) is -3.56. The van der Waals surface area contributed by atoms with Crippen LogP contribution >= 0.6 is 0 Å². The van der Waals surface area contributed by atoms with Crippen LogP contribution in [0, 0.1) is 0 Å². The highest BCUT2D eigenvalue weighted by atomic mass is 32.2. The van der Waals surface area contributed by atoms with Crippen molar-refractivity contribution in [2.45, 2.75) is 56.9 Å². The lowest BCUT2D eigenvalue weighted by atomic mass is 9.88. The van der Waals surface area contributed by atoms with Gasteiger partial charge in [0.25, 0.3) is 10.0 Å². The molecule has 0 saturated heterocycles. The van der Waals surface area contributed by atoms with Crippen molar-refractivity contribution in [3.05, 3.63) is 59.2 Å². The monoisotopic (exact) mass is 372 g/mol. The van der Waals surface area contributed by atoms with Crippen LogP contribution in [0.1, 0.15) is 49.8 Å². The SMILES string of the molecule is CCN[C@H]1CCc2cc(NS(=O)(=O)c3ccc(C(C)C)cc3)ccc2C1. The molecule has 4 nitrogen and oxygen atoms in total. The van der Waals surface area contributed by atoms with Gasteiger partial charge in [0.05, 0.1) is 4.90 Å². The Morgan fingerprint density at radius 3 is 2.46 bits per heavy atom. The largest absolute Gasteiger partial charge is 0.314 e. The number of anilines is 1. The first-order valence-corrected chi connectivity index (χ1v) is 10.9. The van der Waals surface area contributed by atoms with Gasteiger partial charge in [-0.2, -0.15) is 0 Å². The van der Waals surface area contributed by atoms with E-state index in [1.165, 1.54) is 11.1 Å². The molecule has 0 amide bonds. The van der Waals surface area contributed by atoms with Crippen LogP contribution in [0.25, 0.3) is 0 Å². The Morgan fingerprint density at radius 2 is 1.81 bits per heavy atom. The van der Waals surface area contributed by atoms with E-state index in [1.54, 1.807) is 12.1 Å². The van der Waals surface area contributed by atoms with Crippen molar-refractivity contribution >= 4 is 15.7 Å². The quantitative estimate of drug-likeness (QED) is 0.803. The summed E-state index contributed by atoms with van der Waals surface area (Å²) < 4.78 is 28.1. The van der Waals surface area contributed by atoms with Gasteiger partial charge in [-0.15, -0.1) is 0 Å². The first-order chi connectivity index (χ1) is 12.4. The average molecular weight is 373 g/mol. The molecule has 0 aromatic heterocycles. The highest BCUT2D eigenvalue weighted by molar-refractivity contribution is 7.92. The first kappa shape index (κ1) is 18.9. The van der Waals surface area contributed by atoms with Gasteiger partial charge >= 0.3 is 0 Å². The van der Waals surface area contributed by atoms with Crippen LogP contribution in [0.3, 0.4) is 0 Å². The Labute approximate surface area is 157 Å². The maximum Gasteiger partial charge on any atom is 0.261 e. The maximum absolute atomic E-state index is 12.7. The molecule has 0 saturated carbocycles. The van der Waals surface area contributed by atoms with Crippen LogP contribution in [0.2, 0.25) is 0 Å². The fraction of sp³-hybridized carbons (Fsp3) is 0.429. The van der Waals surface area contributed by atoms with E-state index < -0.39 is 10.0 Å². The minimum absolute atomic E-state index is 0.298. The first-order valence-electron chi connectivity index (χ1n) is 9.37. The lowest BCUT2D eigenvalue weighted by molar-refractivity contribution is 0.471. The van der Waals surface area contributed by atoms with E-state index in [4.69, 9.17) is 0 Å². The molecule has 1 aliphatic rings. The molecular formula is C21H28N2O2S. The summed E-state index contributed by atoms with van der Waals surface area (Å²) >= 11 is 0. The van der Waals surface area contributed by atoms with Gasteiger partial charge in [-0.25, -0.2) is 8.42 Å². The molecule has 2 N–H and O–H groups in total. The Hall–Kier alpha value is -1.85. The predicted molar refractivity (Wildman–Crippen MR) is 107 cm³/mol. The molecule has 0 aliphatic heterocycles. The topological polar surface area (TPSA) is 58.2 Å². The minimum Gasteiger partial charge on any atom is -0.314 e. The van der Waals surface area contributed by atoms with Gasteiger partial charge in [-0.3, -0.25) is 4.72 Å². The second-order valence-electron chi connectivity index (χ2n) is 7.31. The zero-order chi connectivity index (χ0) is 18.7. The average Bonchev–Trinajstić information content (AvgIpc) is 2.62. The van der Waals surface area contributed by atoms with Gasteiger partial charge < -0.3 is 5.32 Å². The normalized spacial score (nSPS) is 17.2. The smallest absolute Gasteiger partial charge is 0.261 e. The molecule has 0 unspecified atom stereocenters. The van der Waals surface area contributed by atoms with E-state index in [9.17, 15) is 8.42 Å². The standard InChI is InChI=1S/C21H28N2O2S/c1-4-22-19-9-5-18-14-20(10-6-17(18)13-19)23-26(24,25)21-11-7-16(8-12-21)15(2)3/h6-8,10-12,14-15,19,22-23H,4-5,9,13H2,1-3H3/t19-/m0/s1. The molecule has 0 spiro atoms. The lowest BCUT2D eigenvalue weighted by Crippen LogP contribution is -2.34. The third kappa shape index (κ3) is 4.27. The number of hydrogen-bond acceptors (Lipinski definition) is 3. The van der Waals surface area contributed by atoms with Crippen LogP contribution in [0.5, 0.6) is 0 Å². The molecule has 1 aliphatic carbocycles. The molecule has 0 heterocycles. The van der Waals surface area contributed by atoms with Gasteiger partial charge in [0.2, 0.25) is 0 Å². The van der Waals surface area contributed by atoms with Gasteiger partial charge in [-0.1, -0.05) is 39.0 Å². The Bertz CT molecular complexity index is 858. The fourth-order valence-corrected chi connectivity index (χ4v) is 4.58. The van der Waals surface area contributed by atoms with Crippen molar-refractivity contribution in [2.75, 3.05) is 11.3 Å². The Balaban J connectivity index is 1.76. The number of fused-ring (bicyclic) bond motifs is 1. The number of likely N-dealkylation sites (N-methyl/N-ethyl adjacent to an activating group) is 1. The molecule has 0 radical (unpaired) electrons. The molecule has 3 rings (SSSR count). The molecule has 140 valence electrons. The zero-order valence-electron chi connectivity index (χ0n) is 15.7. The number of aryl methyl sites for hydroxylation is 1. The van der Waals surface area contributed by atoms with Crippen molar-refractivity contribution < 1.29 is 8.42 Å². The van der Waals surface area contributed by atoms with Gasteiger partial charge in [0.1, 0.15) is 0 Å². The van der Waals surface area contributed by atoms with E-state index in [-0.39, 0.29) is 0 Å². The highest BCUT2D eigenvalue weighted by Gasteiger charge is 2.20. The molecule has 0 fully saturated rings. The van der Waals surface area contributed by atoms with E-state index in [0.717, 1.165) is 31.4 Å².